The lowest BCUT2D eigenvalue weighted by atomic mass is 9.88. The Balaban J connectivity index is 1.36. The maximum atomic E-state index is 12.9. The summed E-state index contributed by atoms with van der Waals surface area (Å²) in [4.78, 5) is 26.9. The number of hydrogen-bond donors (Lipinski definition) is 1. The van der Waals surface area contributed by atoms with Crippen molar-refractivity contribution < 1.29 is 14.1 Å². The topological polar surface area (TPSA) is 75.4 Å². The highest BCUT2D eigenvalue weighted by Crippen LogP contribution is 2.33. The lowest BCUT2D eigenvalue weighted by molar-refractivity contribution is -0.138. The maximum absolute atomic E-state index is 12.9. The molecular formula is C19H27N3O3. The molecule has 136 valence electrons. The zero-order valence-corrected chi connectivity index (χ0v) is 14.7. The zero-order chi connectivity index (χ0) is 17.2. The van der Waals surface area contributed by atoms with Crippen molar-refractivity contribution in [3.8, 4) is 0 Å². The van der Waals surface area contributed by atoms with Crippen LogP contribution in [0.25, 0.3) is 0 Å². The summed E-state index contributed by atoms with van der Waals surface area (Å²) < 4.78 is 5.35. The number of amides is 2. The van der Waals surface area contributed by atoms with Gasteiger partial charge < -0.3 is 14.7 Å². The van der Waals surface area contributed by atoms with Gasteiger partial charge in [0.05, 0.1) is 6.54 Å². The van der Waals surface area contributed by atoms with E-state index in [1.165, 1.54) is 19.3 Å². The fourth-order valence-corrected chi connectivity index (χ4v) is 3.67. The Bertz CT molecular complexity index is 628. The van der Waals surface area contributed by atoms with Gasteiger partial charge in [-0.05, 0) is 44.4 Å². The van der Waals surface area contributed by atoms with Gasteiger partial charge in [-0.15, -0.1) is 0 Å². The van der Waals surface area contributed by atoms with Gasteiger partial charge in [-0.1, -0.05) is 24.4 Å². The van der Waals surface area contributed by atoms with Gasteiger partial charge in [0, 0.05) is 24.6 Å². The predicted molar refractivity (Wildman–Crippen MR) is 91.7 cm³/mol. The normalized spacial score (nSPS) is 21.1. The molecule has 0 aliphatic heterocycles. The standard InChI is InChI=1S/C19H27N3O3/c23-18(20-11-13-6-7-13)17-10-16(25-21-17)12-22(15-8-9-15)19(24)14-4-2-1-3-5-14/h10,13-15H,1-9,11-12H2,(H,20,23). The largest absolute Gasteiger partial charge is 0.359 e. The fourth-order valence-electron chi connectivity index (χ4n) is 3.67. The smallest absolute Gasteiger partial charge is 0.273 e. The Morgan fingerprint density at radius 2 is 1.88 bits per heavy atom. The van der Waals surface area contributed by atoms with E-state index in [4.69, 9.17) is 4.52 Å². The monoisotopic (exact) mass is 345 g/mol. The van der Waals surface area contributed by atoms with E-state index in [-0.39, 0.29) is 17.7 Å². The van der Waals surface area contributed by atoms with Crippen LogP contribution in [0.1, 0.15) is 74.0 Å². The molecule has 2 amide bonds. The van der Waals surface area contributed by atoms with Gasteiger partial charge in [0.15, 0.2) is 11.5 Å². The zero-order valence-electron chi connectivity index (χ0n) is 14.7. The molecular weight excluding hydrogens is 318 g/mol. The molecule has 0 saturated heterocycles. The molecule has 0 unspecified atom stereocenters. The van der Waals surface area contributed by atoms with Crippen molar-refractivity contribution in [3.63, 3.8) is 0 Å². The minimum Gasteiger partial charge on any atom is -0.359 e. The highest BCUT2D eigenvalue weighted by atomic mass is 16.5. The van der Waals surface area contributed by atoms with Crippen LogP contribution in [-0.4, -0.2) is 34.5 Å². The number of rotatable bonds is 7. The van der Waals surface area contributed by atoms with Crippen molar-refractivity contribution in [2.24, 2.45) is 11.8 Å². The van der Waals surface area contributed by atoms with Crippen LogP contribution in [0, 0.1) is 11.8 Å². The SMILES string of the molecule is O=C(NCC1CC1)c1cc(CN(C(=O)C2CCCCC2)C2CC2)on1. The molecule has 3 saturated carbocycles. The molecule has 0 spiro atoms. The second kappa shape index (κ2) is 7.18. The van der Waals surface area contributed by atoms with Crippen LogP contribution in [0.15, 0.2) is 10.6 Å². The summed E-state index contributed by atoms with van der Waals surface area (Å²) in [5, 5.41) is 6.79. The molecule has 1 aromatic rings. The first-order valence-electron chi connectivity index (χ1n) is 9.75. The number of carbonyl (C=O) groups is 2. The quantitative estimate of drug-likeness (QED) is 0.824. The number of hydrogen-bond acceptors (Lipinski definition) is 4. The van der Waals surface area contributed by atoms with Crippen molar-refractivity contribution in [3.05, 3.63) is 17.5 Å². The van der Waals surface area contributed by atoms with Gasteiger partial charge >= 0.3 is 0 Å². The van der Waals surface area contributed by atoms with Gasteiger partial charge in [-0.3, -0.25) is 9.59 Å². The fraction of sp³-hybridized carbons (Fsp3) is 0.737. The van der Waals surface area contributed by atoms with Crippen LogP contribution in [0.2, 0.25) is 0 Å². The summed E-state index contributed by atoms with van der Waals surface area (Å²) >= 11 is 0. The highest BCUT2D eigenvalue weighted by molar-refractivity contribution is 5.92. The van der Waals surface area contributed by atoms with Gasteiger partial charge in [0.1, 0.15) is 0 Å². The van der Waals surface area contributed by atoms with E-state index in [0.29, 0.717) is 30.0 Å². The van der Waals surface area contributed by atoms with Gasteiger partial charge in [-0.25, -0.2) is 0 Å². The second-order valence-corrected chi connectivity index (χ2v) is 7.86. The van der Waals surface area contributed by atoms with Crippen molar-refractivity contribution >= 4 is 11.8 Å². The Morgan fingerprint density at radius 1 is 1.12 bits per heavy atom. The maximum Gasteiger partial charge on any atom is 0.273 e. The molecule has 6 nitrogen and oxygen atoms in total. The molecule has 25 heavy (non-hydrogen) atoms. The van der Waals surface area contributed by atoms with Crippen LogP contribution in [0.3, 0.4) is 0 Å². The second-order valence-electron chi connectivity index (χ2n) is 7.86. The molecule has 0 bridgehead atoms. The summed E-state index contributed by atoms with van der Waals surface area (Å²) in [6.45, 7) is 1.15. The molecule has 3 fully saturated rings. The van der Waals surface area contributed by atoms with Gasteiger partial charge in [0.2, 0.25) is 5.91 Å². The molecule has 0 atom stereocenters. The summed E-state index contributed by atoms with van der Waals surface area (Å²) in [7, 11) is 0. The third-order valence-electron chi connectivity index (χ3n) is 5.59. The molecule has 6 heteroatoms. The van der Waals surface area contributed by atoms with E-state index in [1.54, 1.807) is 6.07 Å². The van der Waals surface area contributed by atoms with Crippen LogP contribution >= 0.6 is 0 Å². The Labute approximate surface area is 148 Å². The Hall–Kier alpha value is -1.85. The lowest BCUT2D eigenvalue weighted by Gasteiger charge is -2.28. The number of carbonyl (C=O) groups excluding carboxylic acids is 2. The summed E-state index contributed by atoms with van der Waals surface area (Å²) in [5.41, 5.74) is 0.316. The first-order valence-corrected chi connectivity index (χ1v) is 9.75. The van der Waals surface area contributed by atoms with E-state index >= 15 is 0 Å². The average Bonchev–Trinajstić information content (AvgIpc) is 3.57. The van der Waals surface area contributed by atoms with Crippen LogP contribution < -0.4 is 5.32 Å². The first kappa shape index (κ1) is 16.6. The summed E-state index contributed by atoms with van der Waals surface area (Å²) in [5.74, 6) is 1.48. The first-order chi connectivity index (χ1) is 12.2. The van der Waals surface area contributed by atoms with Crippen molar-refractivity contribution in [1.29, 1.82) is 0 Å². The minimum absolute atomic E-state index is 0.165. The summed E-state index contributed by atoms with van der Waals surface area (Å²) in [6.07, 6.45) is 10.1. The van der Waals surface area contributed by atoms with E-state index in [9.17, 15) is 9.59 Å². The van der Waals surface area contributed by atoms with E-state index < -0.39 is 0 Å². The molecule has 3 aliphatic rings. The predicted octanol–water partition coefficient (Wildman–Crippen LogP) is 2.89. The molecule has 1 heterocycles. The molecule has 3 aliphatic carbocycles. The van der Waals surface area contributed by atoms with E-state index in [1.807, 2.05) is 4.90 Å². The van der Waals surface area contributed by atoms with Gasteiger partial charge in [-0.2, -0.15) is 0 Å². The van der Waals surface area contributed by atoms with Crippen molar-refractivity contribution in [1.82, 2.24) is 15.4 Å². The molecule has 0 aromatic carbocycles. The van der Waals surface area contributed by atoms with Crippen LogP contribution in [-0.2, 0) is 11.3 Å². The third kappa shape index (κ3) is 4.22. The van der Waals surface area contributed by atoms with Crippen LogP contribution in [0.4, 0.5) is 0 Å². The molecule has 1 aromatic heterocycles. The Kier molecular flexibility index (Phi) is 4.77. The van der Waals surface area contributed by atoms with Crippen molar-refractivity contribution in [2.45, 2.75) is 70.4 Å². The molecule has 1 N–H and O–H groups in total. The van der Waals surface area contributed by atoms with Crippen molar-refractivity contribution in [2.75, 3.05) is 6.54 Å². The number of nitrogens with one attached hydrogen (secondary N) is 1. The lowest BCUT2D eigenvalue weighted by Crippen LogP contribution is -2.38. The van der Waals surface area contributed by atoms with E-state index in [0.717, 1.165) is 45.1 Å². The average molecular weight is 345 g/mol. The number of nitrogens with zero attached hydrogens (tertiary/aromatic N) is 2. The highest BCUT2D eigenvalue weighted by Gasteiger charge is 2.37. The van der Waals surface area contributed by atoms with E-state index in [2.05, 4.69) is 10.5 Å². The Morgan fingerprint density at radius 3 is 2.56 bits per heavy atom. The molecule has 0 radical (unpaired) electrons. The molecule has 4 rings (SSSR count). The van der Waals surface area contributed by atoms with Gasteiger partial charge in [0.25, 0.3) is 5.91 Å². The van der Waals surface area contributed by atoms with Crippen LogP contribution in [0.5, 0.6) is 0 Å². The number of aromatic nitrogens is 1. The third-order valence-corrected chi connectivity index (χ3v) is 5.59. The minimum atomic E-state index is -0.182. The summed E-state index contributed by atoms with van der Waals surface area (Å²) in [6, 6.07) is 2.03.